The van der Waals surface area contributed by atoms with Crippen LogP contribution < -0.4 is 5.32 Å². The van der Waals surface area contributed by atoms with E-state index in [-0.39, 0.29) is 0 Å². The van der Waals surface area contributed by atoms with Gasteiger partial charge in [0.15, 0.2) is 0 Å². The Bertz CT molecular complexity index is 180. The highest BCUT2D eigenvalue weighted by molar-refractivity contribution is 4.81. The molecule has 1 fully saturated rings. The van der Waals surface area contributed by atoms with E-state index in [0.29, 0.717) is 0 Å². The van der Waals surface area contributed by atoms with Gasteiger partial charge in [0.2, 0.25) is 0 Å². The van der Waals surface area contributed by atoms with Crippen LogP contribution in [0.5, 0.6) is 0 Å². The van der Waals surface area contributed by atoms with Gasteiger partial charge in [0.25, 0.3) is 0 Å². The summed E-state index contributed by atoms with van der Waals surface area (Å²) in [6.45, 7) is 7.15. The fraction of sp³-hybridized carbons (Fsp3) is 1.00. The molecule has 0 heterocycles. The van der Waals surface area contributed by atoms with E-state index in [4.69, 9.17) is 0 Å². The highest BCUT2D eigenvalue weighted by Crippen LogP contribution is 2.24. The molecule has 1 saturated carbocycles. The van der Waals surface area contributed by atoms with Crippen molar-refractivity contribution in [1.82, 2.24) is 10.2 Å². The van der Waals surface area contributed by atoms with Gasteiger partial charge in [-0.25, -0.2) is 0 Å². The molecule has 96 valence electrons. The molecule has 0 aromatic carbocycles. The second-order valence-electron chi connectivity index (χ2n) is 5.88. The lowest BCUT2D eigenvalue weighted by atomic mass is 9.84. The number of rotatable bonds is 6. The van der Waals surface area contributed by atoms with Crippen molar-refractivity contribution >= 4 is 0 Å². The van der Waals surface area contributed by atoms with Gasteiger partial charge in [0.1, 0.15) is 0 Å². The van der Waals surface area contributed by atoms with E-state index in [1.165, 1.54) is 45.2 Å². The molecular weight excluding hydrogens is 196 g/mol. The third kappa shape index (κ3) is 4.84. The zero-order valence-corrected chi connectivity index (χ0v) is 11.6. The summed E-state index contributed by atoms with van der Waals surface area (Å²) in [6.07, 6.45) is 6.96. The maximum absolute atomic E-state index is 3.50. The molecule has 1 aliphatic carbocycles. The molecule has 2 nitrogen and oxygen atoms in total. The predicted octanol–water partition coefficient (Wildman–Crippen LogP) is 2.74. The molecule has 0 aromatic rings. The van der Waals surface area contributed by atoms with E-state index in [1.807, 2.05) is 0 Å². The SMILES string of the molecule is CNC1CCCCC1CN(C)CCC(C)C. The third-order valence-corrected chi connectivity index (χ3v) is 3.91. The normalized spacial score (nSPS) is 26.6. The second-order valence-corrected chi connectivity index (χ2v) is 5.88. The Hall–Kier alpha value is -0.0800. The topological polar surface area (TPSA) is 15.3 Å². The number of nitrogens with one attached hydrogen (secondary N) is 1. The van der Waals surface area contributed by atoms with E-state index in [1.54, 1.807) is 0 Å². The first-order chi connectivity index (χ1) is 7.63. The van der Waals surface area contributed by atoms with E-state index >= 15 is 0 Å². The van der Waals surface area contributed by atoms with Crippen molar-refractivity contribution < 1.29 is 0 Å². The van der Waals surface area contributed by atoms with Crippen LogP contribution in [0.1, 0.15) is 46.0 Å². The maximum atomic E-state index is 3.50. The average Bonchev–Trinajstić information content (AvgIpc) is 2.27. The summed E-state index contributed by atoms with van der Waals surface area (Å²) in [4.78, 5) is 2.53. The fourth-order valence-electron chi connectivity index (χ4n) is 2.78. The summed E-state index contributed by atoms with van der Waals surface area (Å²) in [6, 6.07) is 0.759. The zero-order valence-electron chi connectivity index (χ0n) is 11.6. The Morgan fingerprint density at radius 2 is 1.94 bits per heavy atom. The molecule has 0 aliphatic heterocycles. The van der Waals surface area contributed by atoms with Crippen molar-refractivity contribution in [3.63, 3.8) is 0 Å². The van der Waals surface area contributed by atoms with Crippen LogP contribution in [0, 0.1) is 11.8 Å². The minimum atomic E-state index is 0.759. The summed E-state index contributed by atoms with van der Waals surface area (Å²) in [7, 11) is 4.40. The quantitative estimate of drug-likeness (QED) is 0.749. The van der Waals surface area contributed by atoms with Crippen LogP contribution in [0.4, 0.5) is 0 Å². The Balaban J connectivity index is 2.27. The number of hydrogen-bond donors (Lipinski definition) is 1. The third-order valence-electron chi connectivity index (χ3n) is 3.91. The van der Waals surface area contributed by atoms with Gasteiger partial charge in [-0.15, -0.1) is 0 Å². The minimum absolute atomic E-state index is 0.759. The van der Waals surface area contributed by atoms with Crippen LogP contribution in [0.25, 0.3) is 0 Å². The molecule has 2 unspecified atom stereocenters. The fourth-order valence-corrected chi connectivity index (χ4v) is 2.78. The lowest BCUT2D eigenvalue weighted by Crippen LogP contribution is -2.42. The van der Waals surface area contributed by atoms with Gasteiger partial charge in [-0.1, -0.05) is 26.7 Å². The predicted molar refractivity (Wildman–Crippen MR) is 71.8 cm³/mol. The van der Waals surface area contributed by atoms with Crippen LogP contribution in [-0.2, 0) is 0 Å². The van der Waals surface area contributed by atoms with Gasteiger partial charge in [-0.05, 0) is 51.7 Å². The largest absolute Gasteiger partial charge is 0.317 e. The van der Waals surface area contributed by atoms with Gasteiger partial charge < -0.3 is 10.2 Å². The summed E-state index contributed by atoms with van der Waals surface area (Å²) in [5.41, 5.74) is 0. The number of nitrogens with zero attached hydrogens (tertiary/aromatic N) is 1. The monoisotopic (exact) mass is 226 g/mol. The minimum Gasteiger partial charge on any atom is -0.317 e. The highest BCUT2D eigenvalue weighted by Gasteiger charge is 2.24. The van der Waals surface area contributed by atoms with Crippen LogP contribution in [0.2, 0.25) is 0 Å². The summed E-state index contributed by atoms with van der Waals surface area (Å²) in [5.74, 6) is 1.70. The van der Waals surface area contributed by atoms with Gasteiger partial charge >= 0.3 is 0 Å². The Morgan fingerprint density at radius 3 is 2.56 bits per heavy atom. The molecule has 16 heavy (non-hydrogen) atoms. The van der Waals surface area contributed by atoms with E-state index in [0.717, 1.165) is 17.9 Å². The Labute approximate surface area is 102 Å². The first-order valence-electron chi connectivity index (χ1n) is 6.99. The van der Waals surface area contributed by atoms with Crippen LogP contribution >= 0.6 is 0 Å². The second kappa shape index (κ2) is 7.29. The average molecular weight is 226 g/mol. The summed E-state index contributed by atoms with van der Waals surface area (Å²) >= 11 is 0. The smallest absolute Gasteiger partial charge is 0.0104 e. The van der Waals surface area contributed by atoms with Crippen molar-refractivity contribution in [2.24, 2.45) is 11.8 Å². The van der Waals surface area contributed by atoms with Crippen molar-refractivity contribution in [3.8, 4) is 0 Å². The van der Waals surface area contributed by atoms with Crippen LogP contribution in [0.15, 0.2) is 0 Å². The number of hydrogen-bond acceptors (Lipinski definition) is 2. The van der Waals surface area contributed by atoms with E-state index in [2.05, 4.69) is 38.2 Å². The van der Waals surface area contributed by atoms with Crippen LogP contribution in [0.3, 0.4) is 0 Å². The maximum Gasteiger partial charge on any atom is 0.0104 e. The Morgan fingerprint density at radius 1 is 1.25 bits per heavy atom. The molecule has 1 aliphatic rings. The molecule has 0 bridgehead atoms. The lowest BCUT2D eigenvalue weighted by molar-refractivity contribution is 0.189. The summed E-state index contributed by atoms with van der Waals surface area (Å²) in [5, 5.41) is 3.50. The van der Waals surface area contributed by atoms with Crippen molar-refractivity contribution in [3.05, 3.63) is 0 Å². The van der Waals surface area contributed by atoms with E-state index < -0.39 is 0 Å². The standard InChI is InChI=1S/C14H30N2/c1-12(2)9-10-16(4)11-13-7-5-6-8-14(13)15-3/h12-15H,5-11H2,1-4H3. The van der Waals surface area contributed by atoms with Gasteiger partial charge in [0, 0.05) is 12.6 Å². The van der Waals surface area contributed by atoms with Crippen LogP contribution in [-0.4, -0.2) is 38.1 Å². The molecule has 0 amide bonds. The van der Waals surface area contributed by atoms with E-state index in [9.17, 15) is 0 Å². The molecule has 1 N–H and O–H groups in total. The van der Waals surface area contributed by atoms with Crippen molar-refractivity contribution in [1.29, 1.82) is 0 Å². The highest BCUT2D eigenvalue weighted by atomic mass is 15.1. The van der Waals surface area contributed by atoms with Crippen molar-refractivity contribution in [2.45, 2.75) is 52.0 Å². The molecular formula is C14H30N2. The molecule has 0 saturated heterocycles. The van der Waals surface area contributed by atoms with Gasteiger partial charge in [0.05, 0.1) is 0 Å². The molecule has 0 radical (unpaired) electrons. The summed E-state index contributed by atoms with van der Waals surface area (Å²) < 4.78 is 0. The molecule has 1 rings (SSSR count). The van der Waals surface area contributed by atoms with Gasteiger partial charge in [-0.2, -0.15) is 0 Å². The zero-order chi connectivity index (χ0) is 12.0. The molecule has 2 atom stereocenters. The van der Waals surface area contributed by atoms with Gasteiger partial charge in [-0.3, -0.25) is 0 Å². The molecule has 0 aromatic heterocycles. The first-order valence-corrected chi connectivity index (χ1v) is 6.99. The first kappa shape index (κ1) is 14.0. The van der Waals surface area contributed by atoms with Crippen molar-refractivity contribution in [2.75, 3.05) is 27.2 Å². The lowest BCUT2D eigenvalue weighted by Gasteiger charge is -2.34. The molecule has 0 spiro atoms. The molecule has 2 heteroatoms. The Kier molecular flexibility index (Phi) is 6.37.